The van der Waals surface area contributed by atoms with E-state index >= 15 is 0 Å². The lowest BCUT2D eigenvalue weighted by atomic mass is 10.2. The SMILES string of the molecule is C=C1N=C(CCCCC)NN1N. The lowest BCUT2D eigenvalue weighted by molar-refractivity contribution is 0.333. The summed E-state index contributed by atoms with van der Waals surface area (Å²) in [7, 11) is 0. The number of amidine groups is 1. The molecule has 0 radical (unpaired) electrons. The minimum atomic E-state index is 0.585. The molecular formula is C8H16N4. The Kier molecular flexibility index (Phi) is 3.10. The van der Waals surface area contributed by atoms with Crippen molar-refractivity contribution >= 4 is 5.84 Å². The molecule has 0 aliphatic carbocycles. The van der Waals surface area contributed by atoms with Crippen LogP contribution in [0.15, 0.2) is 17.4 Å². The Morgan fingerprint density at radius 2 is 2.33 bits per heavy atom. The first-order chi connectivity index (χ1) is 5.74. The van der Waals surface area contributed by atoms with Crippen molar-refractivity contribution in [1.29, 1.82) is 0 Å². The highest BCUT2D eigenvalue weighted by atomic mass is 15.7. The second-order valence-corrected chi connectivity index (χ2v) is 2.91. The van der Waals surface area contributed by atoms with Gasteiger partial charge in [0.15, 0.2) is 5.82 Å². The maximum absolute atomic E-state index is 5.48. The predicted octanol–water partition coefficient (Wildman–Crippen LogP) is 1.13. The maximum atomic E-state index is 5.48. The molecule has 1 aliphatic rings. The lowest BCUT2D eigenvalue weighted by Crippen LogP contribution is -2.40. The third-order valence-corrected chi connectivity index (χ3v) is 1.81. The van der Waals surface area contributed by atoms with E-state index in [9.17, 15) is 0 Å². The summed E-state index contributed by atoms with van der Waals surface area (Å²) < 4.78 is 0. The van der Waals surface area contributed by atoms with Gasteiger partial charge in [-0.3, -0.25) is 5.43 Å². The Morgan fingerprint density at radius 3 is 2.83 bits per heavy atom. The zero-order valence-corrected chi connectivity index (χ0v) is 7.51. The van der Waals surface area contributed by atoms with E-state index in [0.29, 0.717) is 5.82 Å². The topological polar surface area (TPSA) is 53.7 Å². The molecule has 0 bridgehead atoms. The van der Waals surface area contributed by atoms with Gasteiger partial charge in [0.05, 0.1) is 0 Å². The van der Waals surface area contributed by atoms with Crippen LogP contribution in [0.3, 0.4) is 0 Å². The molecule has 4 heteroatoms. The Hall–Kier alpha value is -1.03. The number of unbranched alkanes of at least 4 members (excludes halogenated alkanes) is 2. The Balaban J connectivity index is 2.26. The van der Waals surface area contributed by atoms with Gasteiger partial charge in [-0.2, -0.15) is 0 Å². The molecule has 68 valence electrons. The quantitative estimate of drug-likeness (QED) is 0.488. The van der Waals surface area contributed by atoms with Gasteiger partial charge >= 0.3 is 0 Å². The third-order valence-electron chi connectivity index (χ3n) is 1.81. The molecule has 0 fully saturated rings. The molecule has 3 N–H and O–H groups in total. The smallest absolute Gasteiger partial charge is 0.158 e. The van der Waals surface area contributed by atoms with E-state index in [0.717, 1.165) is 18.7 Å². The molecule has 0 aromatic carbocycles. The summed E-state index contributed by atoms with van der Waals surface area (Å²) in [4.78, 5) is 4.15. The van der Waals surface area contributed by atoms with E-state index in [1.165, 1.54) is 18.0 Å². The van der Waals surface area contributed by atoms with Crippen molar-refractivity contribution in [2.75, 3.05) is 0 Å². The maximum Gasteiger partial charge on any atom is 0.158 e. The molecule has 12 heavy (non-hydrogen) atoms. The molecule has 0 saturated carbocycles. The second-order valence-electron chi connectivity index (χ2n) is 2.91. The van der Waals surface area contributed by atoms with Crippen LogP contribution >= 0.6 is 0 Å². The summed E-state index contributed by atoms with van der Waals surface area (Å²) in [6.45, 7) is 5.84. The summed E-state index contributed by atoms with van der Waals surface area (Å²) in [5, 5.41) is 1.35. The number of nitrogens with two attached hydrogens (primary N) is 1. The molecule has 0 atom stereocenters. The van der Waals surface area contributed by atoms with Crippen LogP contribution in [0.1, 0.15) is 32.6 Å². The largest absolute Gasteiger partial charge is 0.269 e. The molecule has 1 aliphatic heterocycles. The number of rotatable bonds is 4. The minimum absolute atomic E-state index is 0.585. The molecule has 4 nitrogen and oxygen atoms in total. The average molecular weight is 168 g/mol. The van der Waals surface area contributed by atoms with Crippen molar-refractivity contribution in [2.24, 2.45) is 10.8 Å². The van der Waals surface area contributed by atoms with E-state index in [1.807, 2.05) is 0 Å². The van der Waals surface area contributed by atoms with E-state index in [-0.39, 0.29) is 0 Å². The number of hydrazine groups is 2. The van der Waals surface area contributed by atoms with Gasteiger partial charge in [0.25, 0.3) is 0 Å². The highest BCUT2D eigenvalue weighted by Gasteiger charge is 2.12. The van der Waals surface area contributed by atoms with Crippen LogP contribution in [0, 0.1) is 0 Å². The van der Waals surface area contributed by atoms with Crippen molar-refractivity contribution in [3.8, 4) is 0 Å². The molecule has 1 rings (SSSR count). The van der Waals surface area contributed by atoms with Crippen LogP contribution in [0.5, 0.6) is 0 Å². The van der Waals surface area contributed by atoms with Crippen molar-refractivity contribution in [1.82, 2.24) is 10.5 Å². The van der Waals surface area contributed by atoms with Gasteiger partial charge in [0.2, 0.25) is 0 Å². The highest BCUT2D eigenvalue weighted by molar-refractivity contribution is 5.84. The molecule has 0 unspecified atom stereocenters. The fraction of sp³-hybridized carbons (Fsp3) is 0.625. The highest BCUT2D eigenvalue weighted by Crippen LogP contribution is 2.07. The Morgan fingerprint density at radius 1 is 1.58 bits per heavy atom. The summed E-state index contributed by atoms with van der Waals surface area (Å²) in [6.07, 6.45) is 4.57. The first-order valence-corrected chi connectivity index (χ1v) is 4.32. The van der Waals surface area contributed by atoms with Crippen molar-refractivity contribution in [3.63, 3.8) is 0 Å². The molecule has 0 saturated heterocycles. The minimum Gasteiger partial charge on any atom is -0.269 e. The van der Waals surface area contributed by atoms with Gasteiger partial charge in [0, 0.05) is 6.42 Å². The lowest BCUT2D eigenvalue weighted by Gasteiger charge is -2.10. The first-order valence-electron chi connectivity index (χ1n) is 4.32. The zero-order valence-electron chi connectivity index (χ0n) is 7.51. The summed E-state index contributed by atoms with van der Waals surface area (Å²) in [5.41, 5.74) is 2.92. The summed E-state index contributed by atoms with van der Waals surface area (Å²) >= 11 is 0. The number of hydrogen-bond donors (Lipinski definition) is 2. The Bertz CT molecular complexity index is 197. The van der Waals surface area contributed by atoms with Gasteiger partial charge in [0.1, 0.15) is 5.84 Å². The molecule has 1 heterocycles. The van der Waals surface area contributed by atoms with Gasteiger partial charge in [-0.15, -0.1) is 0 Å². The van der Waals surface area contributed by atoms with Crippen LogP contribution in [-0.4, -0.2) is 11.0 Å². The van der Waals surface area contributed by atoms with Gasteiger partial charge < -0.3 is 0 Å². The average Bonchev–Trinajstić information content (AvgIpc) is 2.32. The Labute approximate surface area is 73.1 Å². The summed E-state index contributed by atoms with van der Waals surface area (Å²) in [6, 6.07) is 0. The van der Waals surface area contributed by atoms with E-state index in [1.54, 1.807) is 0 Å². The number of hydrogen-bond acceptors (Lipinski definition) is 4. The van der Waals surface area contributed by atoms with Gasteiger partial charge in [-0.05, 0) is 6.42 Å². The van der Waals surface area contributed by atoms with Gasteiger partial charge in [-0.25, -0.2) is 16.0 Å². The number of aliphatic imine (C=N–C) groups is 1. The molecule has 0 amide bonds. The predicted molar refractivity (Wildman–Crippen MR) is 49.9 cm³/mol. The zero-order chi connectivity index (χ0) is 8.97. The van der Waals surface area contributed by atoms with E-state index < -0.39 is 0 Å². The van der Waals surface area contributed by atoms with Crippen LogP contribution < -0.4 is 11.3 Å². The fourth-order valence-electron chi connectivity index (χ4n) is 1.09. The van der Waals surface area contributed by atoms with E-state index in [2.05, 4.69) is 23.9 Å². The molecule has 0 aromatic heterocycles. The van der Waals surface area contributed by atoms with Crippen LogP contribution in [0.25, 0.3) is 0 Å². The van der Waals surface area contributed by atoms with Crippen molar-refractivity contribution in [3.05, 3.63) is 12.4 Å². The molecular weight excluding hydrogens is 152 g/mol. The van der Waals surface area contributed by atoms with Crippen LogP contribution in [0.4, 0.5) is 0 Å². The van der Waals surface area contributed by atoms with Gasteiger partial charge in [-0.1, -0.05) is 26.3 Å². The second kappa shape index (κ2) is 4.11. The van der Waals surface area contributed by atoms with Crippen molar-refractivity contribution in [2.45, 2.75) is 32.6 Å². The molecule has 0 spiro atoms. The normalized spacial score (nSPS) is 16.3. The third kappa shape index (κ3) is 2.23. The van der Waals surface area contributed by atoms with Crippen molar-refractivity contribution < 1.29 is 0 Å². The van der Waals surface area contributed by atoms with Crippen LogP contribution in [0.2, 0.25) is 0 Å². The number of nitrogens with one attached hydrogen (secondary N) is 1. The fourth-order valence-corrected chi connectivity index (χ4v) is 1.09. The van der Waals surface area contributed by atoms with Crippen LogP contribution in [-0.2, 0) is 0 Å². The monoisotopic (exact) mass is 168 g/mol. The standard InChI is InChI=1S/C8H16N4/c1-3-4-5-6-8-10-7(2)12(9)11-8/h2-6,9H2,1H3,(H,10,11). The molecule has 0 aromatic rings. The number of nitrogens with zero attached hydrogens (tertiary/aromatic N) is 2. The summed E-state index contributed by atoms with van der Waals surface area (Å²) in [5.74, 6) is 6.99. The first kappa shape index (κ1) is 9.06. The van der Waals surface area contributed by atoms with E-state index in [4.69, 9.17) is 5.84 Å².